The number of nitrogens with zero attached hydrogens (tertiary/aromatic N) is 2. The van der Waals surface area contributed by atoms with E-state index >= 15 is 0 Å². The molecule has 0 saturated carbocycles. The molecule has 1 saturated heterocycles. The highest BCUT2D eigenvalue weighted by atomic mass is 16.2. The summed E-state index contributed by atoms with van der Waals surface area (Å²) in [5.41, 5.74) is 6.39. The molecule has 0 aromatic rings. The third-order valence-electron chi connectivity index (χ3n) is 2.15. The Kier molecular flexibility index (Phi) is 1.02. The SMILES string of the molecule is CC1=C[N+]2(CC2)C(=O)N=C1N. The number of quaternary nitrogens is 1. The Hall–Kier alpha value is -1.16. The Balaban J connectivity index is 2.41. The summed E-state index contributed by atoms with van der Waals surface area (Å²) in [6.07, 6.45) is 1.89. The van der Waals surface area contributed by atoms with Crippen molar-refractivity contribution in [3.8, 4) is 0 Å². The van der Waals surface area contributed by atoms with Crippen LogP contribution in [-0.4, -0.2) is 29.4 Å². The normalized spacial score (nSPS) is 26.5. The number of amides is 2. The lowest BCUT2D eigenvalue weighted by Gasteiger charge is -2.12. The number of carbonyl (C=O) groups excluding carboxylic acids is 1. The molecule has 4 heteroatoms. The van der Waals surface area contributed by atoms with Crippen LogP contribution < -0.4 is 5.73 Å². The summed E-state index contributed by atoms with van der Waals surface area (Å²) in [4.78, 5) is 14.9. The predicted molar refractivity (Wildman–Crippen MR) is 40.8 cm³/mol. The molecule has 2 aliphatic rings. The van der Waals surface area contributed by atoms with Crippen molar-refractivity contribution in [2.75, 3.05) is 13.1 Å². The number of hydrogen-bond acceptors (Lipinski definition) is 2. The summed E-state index contributed by atoms with van der Waals surface area (Å²) >= 11 is 0. The maximum Gasteiger partial charge on any atom is 0.449 e. The average Bonchev–Trinajstić information content (AvgIpc) is 2.66. The lowest BCUT2D eigenvalue weighted by atomic mass is 10.3. The van der Waals surface area contributed by atoms with E-state index in [2.05, 4.69) is 4.99 Å². The van der Waals surface area contributed by atoms with Gasteiger partial charge < -0.3 is 5.73 Å². The largest absolute Gasteiger partial charge is 0.449 e. The van der Waals surface area contributed by atoms with Crippen LogP contribution in [0.15, 0.2) is 16.8 Å². The number of carbonyl (C=O) groups is 1. The summed E-state index contributed by atoms with van der Waals surface area (Å²) < 4.78 is 0.395. The van der Waals surface area contributed by atoms with Crippen molar-refractivity contribution in [3.63, 3.8) is 0 Å². The first kappa shape index (κ1) is 6.54. The first-order chi connectivity index (χ1) is 5.14. The van der Waals surface area contributed by atoms with E-state index in [0.29, 0.717) is 10.3 Å². The topological polar surface area (TPSA) is 55.5 Å². The van der Waals surface area contributed by atoms with Gasteiger partial charge in [0.1, 0.15) is 25.1 Å². The first-order valence-electron chi connectivity index (χ1n) is 3.59. The number of nitrogens with two attached hydrogens (primary N) is 1. The van der Waals surface area contributed by atoms with Crippen molar-refractivity contribution in [3.05, 3.63) is 11.8 Å². The minimum Gasteiger partial charge on any atom is -0.383 e. The van der Waals surface area contributed by atoms with Gasteiger partial charge in [0.25, 0.3) is 0 Å². The monoisotopic (exact) mass is 152 g/mol. The van der Waals surface area contributed by atoms with E-state index in [0.717, 1.165) is 18.7 Å². The average molecular weight is 152 g/mol. The van der Waals surface area contributed by atoms with E-state index in [-0.39, 0.29) is 6.03 Å². The van der Waals surface area contributed by atoms with Crippen molar-refractivity contribution < 1.29 is 9.28 Å². The molecule has 0 radical (unpaired) electrons. The standard InChI is InChI=1S/C7H9N3O/c1-5-4-10(2-3-10)7(11)9-6(5)8/h4H,2-3H2,1H3,(H-,8,9,11)/p+1. The van der Waals surface area contributed by atoms with Crippen molar-refractivity contribution in [2.24, 2.45) is 10.7 Å². The molecule has 0 atom stereocenters. The second-order valence-corrected chi connectivity index (χ2v) is 3.07. The lowest BCUT2D eigenvalue weighted by molar-refractivity contribution is -0.649. The number of aliphatic imine (C=N–C) groups is 1. The Bertz CT molecular complexity index is 286. The van der Waals surface area contributed by atoms with Crippen LogP contribution in [-0.2, 0) is 0 Å². The smallest absolute Gasteiger partial charge is 0.383 e. The summed E-state index contributed by atoms with van der Waals surface area (Å²) in [5, 5.41) is 0. The molecule has 0 aliphatic carbocycles. The molecular weight excluding hydrogens is 142 g/mol. The molecule has 2 heterocycles. The van der Waals surface area contributed by atoms with Crippen molar-refractivity contribution in [1.29, 1.82) is 0 Å². The molecule has 2 N–H and O–H groups in total. The highest BCUT2D eigenvalue weighted by Gasteiger charge is 2.51. The summed E-state index contributed by atoms with van der Waals surface area (Å²) in [6, 6.07) is -0.117. The number of hydrogen-bond donors (Lipinski definition) is 1. The van der Waals surface area contributed by atoms with Crippen LogP contribution in [0.25, 0.3) is 0 Å². The van der Waals surface area contributed by atoms with E-state index in [4.69, 9.17) is 5.73 Å². The van der Waals surface area contributed by atoms with Gasteiger partial charge in [-0.15, -0.1) is 4.99 Å². The number of amidine groups is 1. The first-order valence-corrected chi connectivity index (χ1v) is 3.59. The highest BCUT2D eigenvalue weighted by Crippen LogP contribution is 2.28. The van der Waals surface area contributed by atoms with Gasteiger partial charge in [0.2, 0.25) is 0 Å². The van der Waals surface area contributed by atoms with Gasteiger partial charge in [-0.25, -0.2) is 9.28 Å². The zero-order chi connectivity index (χ0) is 8.06. The van der Waals surface area contributed by atoms with Crippen LogP contribution in [0.4, 0.5) is 4.79 Å². The fraction of sp³-hybridized carbons (Fsp3) is 0.429. The van der Waals surface area contributed by atoms with E-state index in [1.807, 2.05) is 13.1 Å². The van der Waals surface area contributed by atoms with Crippen molar-refractivity contribution >= 4 is 11.9 Å². The quantitative estimate of drug-likeness (QED) is 0.398. The zero-order valence-corrected chi connectivity index (χ0v) is 6.37. The molecular formula is C7H10N3O+. The molecule has 2 rings (SSSR count). The Morgan fingerprint density at radius 3 is 2.82 bits per heavy atom. The van der Waals surface area contributed by atoms with Crippen LogP contribution in [0, 0.1) is 0 Å². The summed E-state index contributed by atoms with van der Waals surface area (Å²) in [7, 11) is 0. The molecule has 4 nitrogen and oxygen atoms in total. The third kappa shape index (κ3) is 0.793. The molecule has 58 valence electrons. The van der Waals surface area contributed by atoms with Crippen molar-refractivity contribution in [2.45, 2.75) is 6.92 Å². The minimum atomic E-state index is -0.117. The van der Waals surface area contributed by atoms with Gasteiger partial charge in [-0.1, -0.05) is 0 Å². The molecule has 0 bridgehead atoms. The summed E-state index contributed by atoms with van der Waals surface area (Å²) in [6.45, 7) is 3.64. The van der Waals surface area contributed by atoms with E-state index in [1.54, 1.807) is 0 Å². The Labute approximate surface area is 64.6 Å². The van der Waals surface area contributed by atoms with Crippen molar-refractivity contribution in [1.82, 2.24) is 0 Å². The van der Waals surface area contributed by atoms with Crippen LogP contribution in [0.3, 0.4) is 0 Å². The molecule has 1 fully saturated rings. The van der Waals surface area contributed by atoms with Crippen LogP contribution >= 0.6 is 0 Å². The van der Waals surface area contributed by atoms with Gasteiger partial charge in [-0.05, 0) is 6.92 Å². The van der Waals surface area contributed by atoms with Gasteiger partial charge >= 0.3 is 6.03 Å². The molecule has 2 amide bonds. The minimum absolute atomic E-state index is 0.117. The second-order valence-electron chi connectivity index (χ2n) is 3.07. The molecule has 1 spiro atoms. The lowest BCUT2D eigenvalue weighted by Crippen LogP contribution is -2.33. The molecule has 0 unspecified atom stereocenters. The maximum atomic E-state index is 11.2. The van der Waals surface area contributed by atoms with Gasteiger partial charge in [0, 0.05) is 5.57 Å². The van der Waals surface area contributed by atoms with Gasteiger partial charge in [0.05, 0.1) is 0 Å². The summed E-state index contributed by atoms with van der Waals surface area (Å²) in [5.74, 6) is 0.366. The third-order valence-corrected chi connectivity index (χ3v) is 2.15. The molecule has 11 heavy (non-hydrogen) atoms. The maximum absolute atomic E-state index is 11.2. The molecule has 0 aromatic carbocycles. The number of rotatable bonds is 0. The molecule has 2 aliphatic heterocycles. The predicted octanol–water partition coefficient (Wildman–Crippen LogP) is 0.211. The second kappa shape index (κ2) is 1.71. The van der Waals surface area contributed by atoms with E-state index in [9.17, 15) is 4.79 Å². The zero-order valence-electron chi connectivity index (χ0n) is 6.37. The molecule has 0 aromatic heterocycles. The van der Waals surface area contributed by atoms with Crippen LogP contribution in [0.2, 0.25) is 0 Å². The van der Waals surface area contributed by atoms with Gasteiger partial charge in [-0.2, -0.15) is 0 Å². The fourth-order valence-corrected chi connectivity index (χ4v) is 1.21. The van der Waals surface area contributed by atoms with Gasteiger partial charge in [0.15, 0.2) is 0 Å². The fourth-order valence-electron chi connectivity index (χ4n) is 1.21. The number of urea groups is 1. The highest BCUT2D eigenvalue weighted by molar-refractivity contribution is 6.03. The van der Waals surface area contributed by atoms with Crippen LogP contribution in [0.5, 0.6) is 0 Å². The Morgan fingerprint density at radius 1 is 1.64 bits per heavy atom. The Morgan fingerprint density at radius 2 is 2.27 bits per heavy atom. The van der Waals surface area contributed by atoms with E-state index in [1.165, 1.54) is 0 Å². The van der Waals surface area contributed by atoms with Gasteiger partial charge in [-0.3, -0.25) is 0 Å². The van der Waals surface area contributed by atoms with Crippen LogP contribution in [0.1, 0.15) is 6.92 Å². The van der Waals surface area contributed by atoms with E-state index < -0.39 is 0 Å².